The maximum absolute atomic E-state index is 13.3. The van der Waals surface area contributed by atoms with Crippen LogP contribution in [0.5, 0.6) is 0 Å². The molecule has 1 amide bonds. The summed E-state index contributed by atoms with van der Waals surface area (Å²) in [6.07, 6.45) is 9.37. The Kier molecular flexibility index (Phi) is 6.28. The molecule has 0 spiro atoms. The van der Waals surface area contributed by atoms with Crippen LogP contribution in [0.3, 0.4) is 0 Å². The van der Waals surface area contributed by atoms with E-state index < -0.39 is 5.60 Å². The summed E-state index contributed by atoms with van der Waals surface area (Å²) in [4.78, 5) is 31.3. The molecule has 186 valence electrons. The van der Waals surface area contributed by atoms with E-state index in [1.165, 1.54) is 6.20 Å². The van der Waals surface area contributed by atoms with Crippen LogP contribution in [0.1, 0.15) is 61.6 Å². The molecule has 0 bridgehead atoms. The highest BCUT2D eigenvalue weighted by molar-refractivity contribution is 6.08. The molecule has 4 heterocycles. The van der Waals surface area contributed by atoms with Gasteiger partial charge in [-0.25, -0.2) is 9.50 Å². The summed E-state index contributed by atoms with van der Waals surface area (Å²) in [6.45, 7) is 6.04. The van der Waals surface area contributed by atoms with Crippen LogP contribution in [0.15, 0.2) is 24.7 Å². The molecule has 3 aromatic rings. The van der Waals surface area contributed by atoms with Crippen molar-refractivity contribution >= 4 is 29.3 Å². The van der Waals surface area contributed by atoms with E-state index in [1.807, 2.05) is 10.7 Å². The lowest BCUT2D eigenvalue weighted by molar-refractivity contribution is -0.112. The average Bonchev–Trinajstić information content (AvgIpc) is 3.49. The number of aliphatic hydroxyl groups is 1. The van der Waals surface area contributed by atoms with Crippen LogP contribution in [0.4, 0.5) is 11.5 Å². The van der Waals surface area contributed by atoms with E-state index in [0.717, 1.165) is 50.9 Å². The zero-order chi connectivity index (χ0) is 24.6. The number of ether oxygens (including phenoxy) is 1. The van der Waals surface area contributed by atoms with Crippen molar-refractivity contribution in [1.82, 2.24) is 24.4 Å². The first-order valence-corrected chi connectivity index (χ1v) is 12.1. The minimum Gasteiger partial charge on any atom is -0.384 e. The molecule has 2 fully saturated rings. The number of nitrogens with one attached hydrogen (secondary N) is 1. The molecule has 35 heavy (non-hydrogen) atoms. The SMILES string of the molecule is CC(C)(O)c1nn(C2CCC(C=O)CC2)cc1NC(=O)c1cnn2ccc(N3CCOCC3)nc12. The van der Waals surface area contributed by atoms with Crippen molar-refractivity contribution in [2.24, 2.45) is 5.92 Å². The number of morpholine rings is 1. The summed E-state index contributed by atoms with van der Waals surface area (Å²) in [7, 11) is 0. The van der Waals surface area contributed by atoms with Crippen LogP contribution in [0, 0.1) is 5.92 Å². The molecule has 0 unspecified atom stereocenters. The molecule has 1 saturated heterocycles. The molecule has 0 radical (unpaired) electrons. The van der Waals surface area contributed by atoms with Crippen molar-refractivity contribution in [2.75, 3.05) is 36.5 Å². The fourth-order valence-electron chi connectivity index (χ4n) is 4.80. The molecule has 1 aliphatic heterocycles. The van der Waals surface area contributed by atoms with Crippen molar-refractivity contribution in [1.29, 1.82) is 0 Å². The van der Waals surface area contributed by atoms with Crippen LogP contribution in [-0.2, 0) is 15.1 Å². The number of carbonyl (C=O) groups excluding carboxylic acids is 2. The van der Waals surface area contributed by atoms with Gasteiger partial charge in [-0.15, -0.1) is 0 Å². The van der Waals surface area contributed by atoms with Gasteiger partial charge in [0.05, 0.1) is 31.1 Å². The van der Waals surface area contributed by atoms with E-state index in [-0.39, 0.29) is 17.9 Å². The Morgan fingerprint density at radius 1 is 1.23 bits per heavy atom. The van der Waals surface area contributed by atoms with Gasteiger partial charge in [-0.2, -0.15) is 10.2 Å². The lowest BCUT2D eigenvalue weighted by Gasteiger charge is -2.27. The van der Waals surface area contributed by atoms with Gasteiger partial charge in [0, 0.05) is 31.4 Å². The van der Waals surface area contributed by atoms with Crippen LogP contribution < -0.4 is 10.2 Å². The number of rotatable bonds is 6. The zero-order valence-electron chi connectivity index (χ0n) is 20.1. The highest BCUT2D eigenvalue weighted by Crippen LogP contribution is 2.34. The number of nitrogens with zero attached hydrogens (tertiary/aromatic N) is 6. The van der Waals surface area contributed by atoms with Gasteiger partial charge < -0.3 is 24.9 Å². The van der Waals surface area contributed by atoms with Gasteiger partial charge in [0.25, 0.3) is 5.91 Å². The van der Waals surface area contributed by atoms with Gasteiger partial charge in [-0.3, -0.25) is 9.48 Å². The van der Waals surface area contributed by atoms with Crippen molar-refractivity contribution < 1.29 is 19.4 Å². The third-order valence-electron chi connectivity index (χ3n) is 6.80. The van der Waals surface area contributed by atoms with Gasteiger partial charge >= 0.3 is 0 Å². The van der Waals surface area contributed by atoms with Crippen LogP contribution >= 0.6 is 0 Å². The summed E-state index contributed by atoms with van der Waals surface area (Å²) in [6, 6.07) is 2.00. The topological polar surface area (TPSA) is 127 Å². The second kappa shape index (κ2) is 9.38. The molecule has 11 nitrogen and oxygen atoms in total. The number of hydrogen-bond acceptors (Lipinski definition) is 8. The Balaban J connectivity index is 1.41. The molecule has 3 aromatic heterocycles. The fourth-order valence-corrected chi connectivity index (χ4v) is 4.80. The molecule has 2 N–H and O–H groups in total. The van der Waals surface area contributed by atoms with Crippen molar-refractivity contribution in [3.8, 4) is 0 Å². The van der Waals surface area contributed by atoms with Gasteiger partial charge in [-0.05, 0) is 45.6 Å². The minimum absolute atomic E-state index is 0.0974. The molecule has 0 aromatic carbocycles. The van der Waals surface area contributed by atoms with Gasteiger partial charge in [-0.1, -0.05) is 0 Å². The van der Waals surface area contributed by atoms with Crippen LogP contribution in [0.25, 0.3) is 5.65 Å². The summed E-state index contributed by atoms with van der Waals surface area (Å²) in [5.74, 6) is 0.493. The predicted octanol–water partition coefficient (Wildman–Crippen LogP) is 2.17. The first-order valence-electron chi connectivity index (χ1n) is 12.1. The normalized spacial score (nSPS) is 21.3. The van der Waals surface area contributed by atoms with Gasteiger partial charge in [0.15, 0.2) is 5.65 Å². The lowest BCUT2D eigenvalue weighted by atomic mass is 9.87. The molecule has 1 saturated carbocycles. The fraction of sp³-hybridized carbons (Fsp3) is 0.542. The Bertz CT molecular complexity index is 1210. The molecule has 0 atom stereocenters. The Morgan fingerprint density at radius 2 is 1.97 bits per heavy atom. The smallest absolute Gasteiger partial charge is 0.261 e. The second-order valence-corrected chi connectivity index (χ2v) is 9.80. The second-order valence-electron chi connectivity index (χ2n) is 9.80. The molecule has 1 aliphatic carbocycles. The number of anilines is 2. The number of hydrogen-bond donors (Lipinski definition) is 2. The standard InChI is InChI=1S/C24H31N7O4/c1-24(2,34)21-19(14-31(28-21)17-5-3-16(15-32)4-6-17)26-23(33)18-13-25-30-8-7-20(27-22(18)30)29-9-11-35-12-10-29/h7-8,13-17,34H,3-6,9-12H2,1-2H3,(H,26,33). The van der Waals surface area contributed by atoms with E-state index in [4.69, 9.17) is 9.72 Å². The third-order valence-corrected chi connectivity index (χ3v) is 6.80. The minimum atomic E-state index is -1.25. The number of amides is 1. The van der Waals surface area contributed by atoms with E-state index in [2.05, 4.69) is 20.4 Å². The number of aldehydes is 1. The Morgan fingerprint density at radius 3 is 2.66 bits per heavy atom. The van der Waals surface area contributed by atoms with Gasteiger partial charge in [0.2, 0.25) is 0 Å². The molecule has 11 heteroatoms. The monoisotopic (exact) mass is 481 g/mol. The van der Waals surface area contributed by atoms with Crippen molar-refractivity contribution in [3.63, 3.8) is 0 Å². The maximum Gasteiger partial charge on any atom is 0.261 e. The summed E-state index contributed by atoms with van der Waals surface area (Å²) in [5.41, 5.74) is 0.374. The molecular formula is C24H31N7O4. The quantitative estimate of drug-likeness (QED) is 0.513. The third kappa shape index (κ3) is 4.78. The lowest BCUT2D eigenvalue weighted by Crippen LogP contribution is -2.36. The van der Waals surface area contributed by atoms with Crippen LogP contribution in [-0.4, -0.2) is 68.0 Å². The molecule has 2 aliphatic rings. The first kappa shape index (κ1) is 23.4. The Labute approximate surface area is 203 Å². The summed E-state index contributed by atoms with van der Waals surface area (Å²) >= 11 is 0. The number of aromatic nitrogens is 5. The number of fused-ring (bicyclic) bond motifs is 1. The van der Waals surface area contributed by atoms with E-state index in [0.29, 0.717) is 35.8 Å². The Hall–Kier alpha value is -3.31. The summed E-state index contributed by atoms with van der Waals surface area (Å²) < 4.78 is 8.81. The molecule has 5 rings (SSSR count). The number of carbonyl (C=O) groups is 2. The first-order chi connectivity index (χ1) is 16.8. The zero-order valence-corrected chi connectivity index (χ0v) is 20.1. The predicted molar refractivity (Wildman–Crippen MR) is 129 cm³/mol. The van der Waals surface area contributed by atoms with Crippen molar-refractivity contribution in [2.45, 2.75) is 51.2 Å². The average molecular weight is 482 g/mol. The van der Waals surface area contributed by atoms with E-state index in [9.17, 15) is 14.7 Å². The largest absolute Gasteiger partial charge is 0.384 e. The highest BCUT2D eigenvalue weighted by Gasteiger charge is 2.30. The molecular weight excluding hydrogens is 450 g/mol. The highest BCUT2D eigenvalue weighted by atomic mass is 16.5. The summed E-state index contributed by atoms with van der Waals surface area (Å²) in [5, 5.41) is 22.6. The maximum atomic E-state index is 13.3. The van der Waals surface area contributed by atoms with E-state index >= 15 is 0 Å². The van der Waals surface area contributed by atoms with Crippen molar-refractivity contribution in [3.05, 3.63) is 35.9 Å². The van der Waals surface area contributed by atoms with Gasteiger partial charge in [0.1, 0.15) is 29.0 Å². The van der Waals surface area contributed by atoms with Crippen LogP contribution in [0.2, 0.25) is 0 Å². The van der Waals surface area contributed by atoms with E-state index in [1.54, 1.807) is 30.8 Å².